The summed E-state index contributed by atoms with van der Waals surface area (Å²) in [6.07, 6.45) is 6.70. The molecule has 5 heteroatoms. The summed E-state index contributed by atoms with van der Waals surface area (Å²) in [7, 11) is 1.62. The second-order valence-corrected chi connectivity index (χ2v) is 6.89. The molecule has 2 bridgehead atoms. The Hall–Kier alpha value is -1.36. The summed E-state index contributed by atoms with van der Waals surface area (Å²) in [5.74, 6) is 0.706. The van der Waals surface area contributed by atoms with Crippen LogP contribution in [0.25, 0.3) is 0 Å². The van der Waals surface area contributed by atoms with Gasteiger partial charge in [-0.15, -0.1) is 0 Å². The van der Waals surface area contributed by atoms with Gasteiger partial charge in [0, 0.05) is 17.3 Å². The lowest BCUT2D eigenvalue weighted by Gasteiger charge is -2.38. The summed E-state index contributed by atoms with van der Waals surface area (Å²) in [5.41, 5.74) is 0.747. The van der Waals surface area contributed by atoms with Crippen molar-refractivity contribution in [3.8, 4) is 5.75 Å². The van der Waals surface area contributed by atoms with Crippen molar-refractivity contribution in [1.82, 2.24) is 4.90 Å². The summed E-state index contributed by atoms with van der Waals surface area (Å²) in [4.78, 5) is 14.7. The molecule has 2 aliphatic rings. The summed E-state index contributed by atoms with van der Waals surface area (Å²) in [6.45, 7) is 0. The molecule has 2 saturated heterocycles. The predicted molar refractivity (Wildman–Crippen MR) is 87.2 cm³/mol. The average Bonchev–Trinajstić information content (AvgIpc) is 2.78. The van der Waals surface area contributed by atoms with Gasteiger partial charge in [-0.05, 0) is 44.1 Å². The first-order valence-corrected chi connectivity index (χ1v) is 8.77. The monoisotopic (exact) mass is 306 g/mol. The highest BCUT2D eigenvalue weighted by Gasteiger charge is 2.43. The number of methoxy groups -OCH3 is 1. The zero-order valence-corrected chi connectivity index (χ0v) is 13.4. The molecule has 1 N–H and O–H groups in total. The minimum Gasteiger partial charge on any atom is -0.495 e. The van der Waals surface area contributed by atoms with E-state index in [0.717, 1.165) is 31.4 Å². The molecule has 3 rings (SSSR count). The van der Waals surface area contributed by atoms with Gasteiger partial charge in [0.1, 0.15) is 5.75 Å². The maximum atomic E-state index is 12.6. The van der Waals surface area contributed by atoms with Gasteiger partial charge in [-0.3, -0.25) is 0 Å². The fourth-order valence-electron chi connectivity index (χ4n) is 3.58. The molecule has 1 aromatic rings. The van der Waals surface area contributed by atoms with Crippen molar-refractivity contribution in [2.45, 2.75) is 43.0 Å². The third-order valence-corrected chi connectivity index (χ3v) is 5.66. The van der Waals surface area contributed by atoms with E-state index < -0.39 is 0 Å². The van der Waals surface area contributed by atoms with Crippen LogP contribution in [0.1, 0.15) is 25.7 Å². The molecule has 2 unspecified atom stereocenters. The molecular weight excluding hydrogens is 284 g/mol. The Morgan fingerprint density at radius 2 is 1.95 bits per heavy atom. The lowest BCUT2D eigenvalue weighted by Crippen LogP contribution is -2.49. The van der Waals surface area contributed by atoms with Crippen LogP contribution in [-0.2, 0) is 0 Å². The van der Waals surface area contributed by atoms with E-state index in [0.29, 0.717) is 23.1 Å². The Kier molecular flexibility index (Phi) is 4.29. The SMILES string of the molecule is COc1ccccc1NC(=O)N1C2CCC1CC(SC)C2. The largest absolute Gasteiger partial charge is 0.495 e. The third-order valence-electron chi connectivity index (χ3n) is 4.61. The Labute approximate surface area is 130 Å². The number of hydrogen-bond acceptors (Lipinski definition) is 3. The summed E-state index contributed by atoms with van der Waals surface area (Å²) in [6, 6.07) is 8.38. The number of ether oxygens (including phenoxy) is 1. The molecule has 0 radical (unpaired) electrons. The van der Waals surface area contributed by atoms with Crippen LogP contribution in [0.3, 0.4) is 0 Å². The van der Waals surface area contributed by atoms with Crippen molar-refractivity contribution in [2.24, 2.45) is 0 Å². The molecule has 0 saturated carbocycles. The second-order valence-electron chi connectivity index (χ2n) is 5.75. The van der Waals surface area contributed by atoms with Gasteiger partial charge in [-0.2, -0.15) is 11.8 Å². The van der Waals surface area contributed by atoms with E-state index in [1.165, 1.54) is 0 Å². The molecule has 2 fully saturated rings. The number of anilines is 1. The number of amides is 2. The molecular formula is C16H22N2O2S. The molecule has 2 atom stereocenters. The fraction of sp³-hybridized carbons (Fsp3) is 0.562. The molecule has 2 aliphatic heterocycles. The van der Waals surface area contributed by atoms with E-state index in [-0.39, 0.29) is 6.03 Å². The first kappa shape index (κ1) is 14.6. The van der Waals surface area contributed by atoms with E-state index in [9.17, 15) is 4.79 Å². The van der Waals surface area contributed by atoms with Gasteiger partial charge in [-0.1, -0.05) is 12.1 Å². The van der Waals surface area contributed by atoms with E-state index in [1.54, 1.807) is 7.11 Å². The molecule has 0 aliphatic carbocycles. The molecule has 0 aromatic heterocycles. The number of rotatable bonds is 3. The highest BCUT2D eigenvalue weighted by Crippen LogP contribution is 2.40. The van der Waals surface area contributed by atoms with Gasteiger partial charge >= 0.3 is 6.03 Å². The van der Waals surface area contributed by atoms with Gasteiger partial charge in [0.15, 0.2) is 0 Å². The van der Waals surface area contributed by atoms with E-state index in [4.69, 9.17) is 4.74 Å². The van der Waals surface area contributed by atoms with Crippen LogP contribution in [0.2, 0.25) is 0 Å². The number of nitrogens with zero attached hydrogens (tertiary/aromatic N) is 1. The fourth-order valence-corrected chi connectivity index (χ4v) is 4.41. The van der Waals surface area contributed by atoms with Crippen molar-refractivity contribution in [1.29, 1.82) is 0 Å². The lowest BCUT2D eigenvalue weighted by molar-refractivity contribution is 0.161. The molecule has 4 nitrogen and oxygen atoms in total. The number of fused-ring (bicyclic) bond motifs is 2. The van der Waals surface area contributed by atoms with Crippen LogP contribution < -0.4 is 10.1 Å². The lowest BCUT2D eigenvalue weighted by atomic mass is 10.0. The van der Waals surface area contributed by atoms with Crippen LogP contribution in [0.4, 0.5) is 10.5 Å². The predicted octanol–water partition coefficient (Wildman–Crippen LogP) is 3.59. The molecule has 0 spiro atoms. The molecule has 21 heavy (non-hydrogen) atoms. The molecule has 2 heterocycles. The van der Waals surface area contributed by atoms with Gasteiger partial charge in [0.25, 0.3) is 0 Å². The normalized spacial score (nSPS) is 27.5. The first-order valence-electron chi connectivity index (χ1n) is 7.48. The first-order chi connectivity index (χ1) is 10.2. The third kappa shape index (κ3) is 2.84. The van der Waals surface area contributed by atoms with E-state index in [1.807, 2.05) is 36.0 Å². The Balaban J connectivity index is 1.72. The number of piperidine rings is 1. The van der Waals surface area contributed by atoms with Crippen molar-refractivity contribution in [3.05, 3.63) is 24.3 Å². The number of urea groups is 1. The van der Waals surface area contributed by atoms with Crippen LogP contribution in [0.5, 0.6) is 5.75 Å². The maximum Gasteiger partial charge on any atom is 0.322 e. The zero-order valence-electron chi connectivity index (χ0n) is 12.5. The highest BCUT2D eigenvalue weighted by atomic mass is 32.2. The zero-order chi connectivity index (χ0) is 14.8. The van der Waals surface area contributed by atoms with Crippen molar-refractivity contribution in [2.75, 3.05) is 18.7 Å². The van der Waals surface area contributed by atoms with Gasteiger partial charge in [-0.25, -0.2) is 4.79 Å². The molecule has 114 valence electrons. The van der Waals surface area contributed by atoms with Crippen LogP contribution in [-0.4, -0.2) is 41.6 Å². The summed E-state index contributed by atoms with van der Waals surface area (Å²) >= 11 is 1.94. The Morgan fingerprint density at radius 3 is 2.57 bits per heavy atom. The molecule has 1 aromatic carbocycles. The number of benzene rings is 1. The smallest absolute Gasteiger partial charge is 0.322 e. The van der Waals surface area contributed by atoms with Gasteiger partial charge in [0.05, 0.1) is 12.8 Å². The summed E-state index contributed by atoms with van der Waals surface area (Å²) in [5, 5.41) is 3.73. The van der Waals surface area contributed by atoms with Crippen molar-refractivity contribution >= 4 is 23.5 Å². The minimum absolute atomic E-state index is 0.0200. The minimum atomic E-state index is 0.0200. The number of carbonyl (C=O) groups excluding carboxylic acids is 1. The average molecular weight is 306 g/mol. The quantitative estimate of drug-likeness (QED) is 0.928. The van der Waals surface area contributed by atoms with Crippen LogP contribution in [0.15, 0.2) is 24.3 Å². The highest BCUT2D eigenvalue weighted by molar-refractivity contribution is 7.99. The second kappa shape index (κ2) is 6.18. The van der Waals surface area contributed by atoms with Crippen LogP contribution in [0, 0.1) is 0 Å². The summed E-state index contributed by atoms with van der Waals surface area (Å²) < 4.78 is 5.30. The van der Waals surface area contributed by atoms with Gasteiger partial charge < -0.3 is 15.0 Å². The number of hydrogen-bond donors (Lipinski definition) is 1. The number of carbonyl (C=O) groups is 1. The van der Waals surface area contributed by atoms with Gasteiger partial charge in [0.2, 0.25) is 0 Å². The topological polar surface area (TPSA) is 41.6 Å². The van der Waals surface area contributed by atoms with Crippen LogP contribution >= 0.6 is 11.8 Å². The number of thioether (sulfide) groups is 1. The maximum absolute atomic E-state index is 12.6. The van der Waals surface area contributed by atoms with Crippen molar-refractivity contribution < 1.29 is 9.53 Å². The Morgan fingerprint density at radius 1 is 1.29 bits per heavy atom. The standard InChI is InChI=1S/C16H22N2O2S/c1-20-15-6-4-3-5-14(15)17-16(19)18-11-7-8-12(18)10-13(9-11)21-2/h3-6,11-13H,7-10H2,1-2H3,(H,17,19). The van der Waals surface area contributed by atoms with Crippen molar-refractivity contribution in [3.63, 3.8) is 0 Å². The number of nitrogens with one attached hydrogen (secondary N) is 1. The Bertz CT molecular complexity index is 509. The molecule has 2 amide bonds. The van der Waals surface area contributed by atoms with E-state index >= 15 is 0 Å². The number of para-hydroxylation sites is 2. The van der Waals surface area contributed by atoms with E-state index in [2.05, 4.69) is 16.5 Å².